The average molecular weight is 321 g/mol. The van der Waals surface area contributed by atoms with Crippen molar-refractivity contribution in [3.8, 4) is 11.5 Å². The van der Waals surface area contributed by atoms with Crippen molar-refractivity contribution in [3.63, 3.8) is 0 Å². The predicted molar refractivity (Wildman–Crippen MR) is 76.7 cm³/mol. The van der Waals surface area contributed by atoms with Crippen molar-refractivity contribution in [3.05, 3.63) is 46.7 Å². The van der Waals surface area contributed by atoms with E-state index in [4.69, 9.17) is 9.47 Å². The van der Waals surface area contributed by atoms with E-state index in [1.165, 1.54) is 0 Å². The maximum Gasteiger partial charge on any atom is 0.163 e. The average Bonchev–Trinajstić information content (AvgIpc) is 2.45. The van der Waals surface area contributed by atoms with E-state index < -0.39 is 0 Å². The number of anilines is 1. The summed E-state index contributed by atoms with van der Waals surface area (Å²) in [6.45, 7) is 1.88. The number of fused-ring (bicyclic) bond motifs is 1. The molecule has 1 aliphatic rings. The van der Waals surface area contributed by atoms with Crippen molar-refractivity contribution in [2.75, 3.05) is 18.5 Å². The molecular weight excluding hydrogens is 308 g/mol. The molecule has 0 unspecified atom stereocenters. The highest BCUT2D eigenvalue weighted by atomic mass is 79.9. The molecule has 0 aliphatic carbocycles. The summed E-state index contributed by atoms with van der Waals surface area (Å²) in [7, 11) is 0. The lowest BCUT2D eigenvalue weighted by Crippen LogP contribution is -2.15. The molecule has 0 radical (unpaired) electrons. The van der Waals surface area contributed by atoms with Crippen LogP contribution in [0.2, 0.25) is 0 Å². The molecule has 5 heteroatoms. The van der Waals surface area contributed by atoms with E-state index in [0.717, 1.165) is 27.5 Å². The Hall–Kier alpha value is -1.75. The SMILES string of the molecule is Brc1cccc(CNc2ccc3c(c2)OCCO3)n1. The molecule has 0 fully saturated rings. The molecule has 2 heterocycles. The van der Waals surface area contributed by atoms with Gasteiger partial charge in [-0.15, -0.1) is 0 Å². The summed E-state index contributed by atoms with van der Waals surface area (Å²) >= 11 is 3.36. The second-order valence-corrected chi connectivity index (χ2v) is 4.98. The molecule has 1 aromatic heterocycles. The monoisotopic (exact) mass is 320 g/mol. The van der Waals surface area contributed by atoms with Crippen LogP contribution in [0.15, 0.2) is 41.0 Å². The molecule has 1 aliphatic heterocycles. The van der Waals surface area contributed by atoms with Crippen LogP contribution >= 0.6 is 15.9 Å². The van der Waals surface area contributed by atoms with Gasteiger partial charge in [0.1, 0.15) is 17.8 Å². The summed E-state index contributed by atoms with van der Waals surface area (Å²) < 4.78 is 11.9. The summed E-state index contributed by atoms with van der Waals surface area (Å²) in [4.78, 5) is 4.37. The third-order valence-electron chi connectivity index (χ3n) is 2.79. The lowest BCUT2D eigenvalue weighted by Gasteiger charge is -2.19. The van der Waals surface area contributed by atoms with E-state index in [-0.39, 0.29) is 0 Å². The van der Waals surface area contributed by atoms with Gasteiger partial charge in [0.15, 0.2) is 11.5 Å². The van der Waals surface area contributed by atoms with Gasteiger partial charge in [0.25, 0.3) is 0 Å². The first-order valence-electron chi connectivity index (χ1n) is 6.06. The van der Waals surface area contributed by atoms with Gasteiger partial charge in [-0.1, -0.05) is 6.07 Å². The van der Waals surface area contributed by atoms with Crippen LogP contribution in [-0.4, -0.2) is 18.2 Å². The predicted octanol–water partition coefficient (Wildman–Crippen LogP) is 3.23. The minimum atomic E-state index is 0.601. The number of pyridine rings is 1. The molecule has 98 valence electrons. The smallest absolute Gasteiger partial charge is 0.163 e. The van der Waals surface area contributed by atoms with Crippen molar-refractivity contribution in [1.29, 1.82) is 0 Å². The van der Waals surface area contributed by atoms with Crippen LogP contribution in [-0.2, 0) is 6.54 Å². The molecule has 0 saturated carbocycles. The Kier molecular flexibility index (Phi) is 3.55. The van der Waals surface area contributed by atoms with E-state index in [0.29, 0.717) is 19.8 Å². The third kappa shape index (κ3) is 2.98. The van der Waals surface area contributed by atoms with Gasteiger partial charge in [0.05, 0.1) is 12.2 Å². The molecule has 19 heavy (non-hydrogen) atoms. The summed E-state index contributed by atoms with van der Waals surface area (Å²) in [6.07, 6.45) is 0. The van der Waals surface area contributed by atoms with Gasteiger partial charge in [-0.05, 0) is 40.2 Å². The molecule has 2 aromatic rings. The maximum absolute atomic E-state index is 5.55. The van der Waals surface area contributed by atoms with Crippen molar-refractivity contribution in [2.24, 2.45) is 0 Å². The van der Waals surface area contributed by atoms with Crippen LogP contribution in [0.4, 0.5) is 5.69 Å². The Labute approximate surface area is 119 Å². The fourth-order valence-electron chi connectivity index (χ4n) is 1.89. The Morgan fingerprint density at radius 2 is 1.95 bits per heavy atom. The number of ether oxygens (including phenoxy) is 2. The Balaban J connectivity index is 1.70. The lowest BCUT2D eigenvalue weighted by atomic mass is 10.2. The molecule has 4 nitrogen and oxygen atoms in total. The lowest BCUT2D eigenvalue weighted by molar-refractivity contribution is 0.171. The van der Waals surface area contributed by atoms with Crippen molar-refractivity contribution in [2.45, 2.75) is 6.54 Å². The number of rotatable bonds is 3. The summed E-state index contributed by atoms with van der Waals surface area (Å²) in [6, 6.07) is 11.7. The first-order valence-corrected chi connectivity index (χ1v) is 6.85. The van der Waals surface area contributed by atoms with Crippen molar-refractivity contribution < 1.29 is 9.47 Å². The standard InChI is InChI=1S/C14H13BrN2O2/c15-14-3-1-2-11(17-14)9-16-10-4-5-12-13(8-10)19-7-6-18-12/h1-5,8,16H,6-7,9H2. The normalized spacial score (nSPS) is 13.1. The number of nitrogens with zero attached hydrogens (tertiary/aromatic N) is 1. The number of halogens is 1. The van der Waals surface area contributed by atoms with Crippen LogP contribution in [0.3, 0.4) is 0 Å². The number of hydrogen-bond acceptors (Lipinski definition) is 4. The van der Waals surface area contributed by atoms with Crippen LogP contribution in [0.1, 0.15) is 5.69 Å². The fourth-order valence-corrected chi connectivity index (χ4v) is 2.28. The minimum Gasteiger partial charge on any atom is -0.486 e. The topological polar surface area (TPSA) is 43.4 Å². The van der Waals surface area contributed by atoms with E-state index >= 15 is 0 Å². The van der Waals surface area contributed by atoms with Crippen LogP contribution in [0, 0.1) is 0 Å². The van der Waals surface area contributed by atoms with Gasteiger partial charge < -0.3 is 14.8 Å². The van der Waals surface area contributed by atoms with E-state index in [2.05, 4.69) is 26.2 Å². The molecule has 3 rings (SSSR count). The van der Waals surface area contributed by atoms with Gasteiger partial charge in [-0.25, -0.2) is 4.98 Å². The molecule has 0 bridgehead atoms. The zero-order valence-electron chi connectivity index (χ0n) is 10.2. The van der Waals surface area contributed by atoms with Gasteiger partial charge in [0.2, 0.25) is 0 Å². The highest BCUT2D eigenvalue weighted by Gasteiger charge is 2.11. The molecule has 0 amide bonds. The highest BCUT2D eigenvalue weighted by Crippen LogP contribution is 2.32. The Bertz CT molecular complexity index is 589. The zero-order valence-corrected chi connectivity index (χ0v) is 11.8. The number of hydrogen-bond donors (Lipinski definition) is 1. The minimum absolute atomic E-state index is 0.601. The first kappa shape index (κ1) is 12.3. The van der Waals surface area contributed by atoms with Gasteiger partial charge in [0, 0.05) is 11.8 Å². The Morgan fingerprint density at radius 3 is 2.79 bits per heavy atom. The van der Waals surface area contributed by atoms with Crippen LogP contribution in [0.25, 0.3) is 0 Å². The molecule has 0 saturated heterocycles. The second kappa shape index (κ2) is 5.48. The summed E-state index contributed by atoms with van der Waals surface area (Å²) in [5.41, 5.74) is 1.97. The van der Waals surface area contributed by atoms with Gasteiger partial charge in [-0.3, -0.25) is 0 Å². The maximum atomic E-state index is 5.55. The zero-order chi connectivity index (χ0) is 13.1. The first-order chi connectivity index (χ1) is 9.31. The van der Waals surface area contributed by atoms with Crippen molar-refractivity contribution in [1.82, 2.24) is 4.98 Å². The molecule has 1 aromatic carbocycles. The molecule has 1 N–H and O–H groups in total. The second-order valence-electron chi connectivity index (χ2n) is 4.16. The van der Waals surface area contributed by atoms with E-state index in [9.17, 15) is 0 Å². The van der Waals surface area contributed by atoms with E-state index in [1.54, 1.807) is 0 Å². The van der Waals surface area contributed by atoms with E-state index in [1.807, 2.05) is 36.4 Å². The molecule has 0 spiro atoms. The molecule has 0 atom stereocenters. The van der Waals surface area contributed by atoms with Crippen LogP contribution < -0.4 is 14.8 Å². The van der Waals surface area contributed by atoms with Crippen molar-refractivity contribution >= 4 is 21.6 Å². The quantitative estimate of drug-likeness (QED) is 0.882. The summed E-state index contributed by atoms with van der Waals surface area (Å²) in [5, 5.41) is 3.32. The fraction of sp³-hybridized carbons (Fsp3) is 0.214. The third-order valence-corrected chi connectivity index (χ3v) is 3.23. The Morgan fingerprint density at radius 1 is 1.11 bits per heavy atom. The number of aromatic nitrogens is 1. The van der Waals surface area contributed by atoms with Gasteiger partial charge >= 0.3 is 0 Å². The van der Waals surface area contributed by atoms with Gasteiger partial charge in [-0.2, -0.15) is 0 Å². The van der Waals surface area contributed by atoms with Crippen LogP contribution in [0.5, 0.6) is 11.5 Å². The number of nitrogens with one attached hydrogen (secondary N) is 1. The molecular formula is C14H13BrN2O2. The highest BCUT2D eigenvalue weighted by molar-refractivity contribution is 9.10. The summed E-state index contributed by atoms with van der Waals surface area (Å²) in [5.74, 6) is 1.59. The number of benzene rings is 1. The largest absolute Gasteiger partial charge is 0.486 e.